The molecule has 0 aliphatic rings. The van der Waals surface area contributed by atoms with Crippen LogP contribution in [0.25, 0.3) is 5.65 Å². The summed E-state index contributed by atoms with van der Waals surface area (Å²) in [7, 11) is 0. The van der Waals surface area contributed by atoms with Crippen LogP contribution in [0.3, 0.4) is 0 Å². The first kappa shape index (κ1) is 15.7. The molecule has 6 nitrogen and oxygen atoms in total. The molecule has 3 rings (SSSR count). The van der Waals surface area contributed by atoms with E-state index in [1.807, 2.05) is 0 Å². The molecular formula is C16H13F2N3O3. The number of ether oxygens (including phenoxy) is 1. The summed E-state index contributed by atoms with van der Waals surface area (Å²) in [5.74, 6) is -1.01. The number of hydrogen-bond donors (Lipinski definition) is 2. The van der Waals surface area contributed by atoms with E-state index < -0.39 is 12.6 Å². The van der Waals surface area contributed by atoms with Gasteiger partial charge in [0.1, 0.15) is 11.4 Å². The first-order chi connectivity index (χ1) is 11.5. The predicted octanol–water partition coefficient (Wildman–Crippen LogP) is 3.25. The van der Waals surface area contributed by atoms with E-state index in [0.29, 0.717) is 17.9 Å². The van der Waals surface area contributed by atoms with E-state index in [4.69, 9.17) is 0 Å². The van der Waals surface area contributed by atoms with Crippen LogP contribution in [-0.4, -0.2) is 27.1 Å². The monoisotopic (exact) mass is 333 g/mol. The second-order valence-corrected chi connectivity index (χ2v) is 4.93. The summed E-state index contributed by atoms with van der Waals surface area (Å²) in [6.07, 6.45) is 3.09. The molecule has 2 aromatic heterocycles. The van der Waals surface area contributed by atoms with Crippen molar-refractivity contribution in [2.45, 2.75) is 13.2 Å². The van der Waals surface area contributed by atoms with Crippen molar-refractivity contribution in [2.75, 3.05) is 5.32 Å². The summed E-state index contributed by atoms with van der Waals surface area (Å²) in [5, 5.41) is 12.5. The molecule has 3 aromatic rings. The van der Waals surface area contributed by atoms with Crippen LogP contribution in [0, 0.1) is 0 Å². The summed E-state index contributed by atoms with van der Waals surface area (Å²) < 4.78 is 30.0. The molecule has 124 valence electrons. The Bertz CT molecular complexity index is 863. The van der Waals surface area contributed by atoms with Crippen molar-refractivity contribution in [2.24, 2.45) is 0 Å². The average molecular weight is 333 g/mol. The highest BCUT2D eigenvalue weighted by Crippen LogP contribution is 2.20. The van der Waals surface area contributed by atoms with Gasteiger partial charge in [0.25, 0.3) is 0 Å². The van der Waals surface area contributed by atoms with Crippen molar-refractivity contribution >= 4 is 17.3 Å². The van der Waals surface area contributed by atoms with Gasteiger partial charge in [-0.25, -0.2) is 9.78 Å². The Balaban J connectivity index is 1.78. The first-order valence-corrected chi connectivity index (χ1v) is 7.01. The lowest BCUT2D eigenvalue weighted by molar-refractivity contribution is -0.0498. The smallest absolute Gasteiger partial charge is 0.387 e. The number of nitrogens with one attached hydrogen (secondary N) is 1. The zero-order valence-corrected chi connectivity index (χ0v) is 12.3. The van der Waals surface area contributed by atoms with E-state index in [1.165, 1.54) is 22.7 Å². The molecule has 24 heavy (non-hydrogen) atoms. The third kappa shape index (κ3) is 3.27. The van der Waals surface area contributed by atoms with Crippen LogP contribution >= 0.6 is 0 Å². The van der Waals surface area contributed by atoms with Crippen molar-refractivity contribution in [1.29, 1.82) is 0 Å². The van der Waals surface area contributed by atoms with Crippen molar-refractivity contribution in [3.63, 3.8) is 0 Å². The number of nitrogens with zero attached hydrogens (tertiary/aromatic N) is 2. The normalized spacial score (nSPS) is 11.0. The minimum atomic E-state index is -2.87. The predicted molar refractivity (Wildman–Crippen MR) is 82.6 cm³/mol. The molecule has 0 atom stereocenters. The average Bonchev–Trinajstić information content (AvgIpc) is 3.01. The second kappa shape index (κ2) is 6.53. The highest BCUT2D eigenvalue weighted by Gasteiger charge is 2.14. The molecule has 2 N–H and O–H groups in total. The summed E-state index contributed by atoms with van der Waals surface area (Å²) in [5.41, 5.74) is 1.83. The molecule has 0 spiro atoms. The standard InChI is InChI=1S/C16H13F2N3O3/c17-16(18)24-11-3-1-10(2-4-11)9-20-12-5-6-13-19-7-8-21(13)14(12)15(22)23/h1-8,16,20H,9H2,(H,22,23). The quantitative estimate of drug-likeness (QED) is 0.724. The first-order valence-electron chi connectivity index (χ1n) is 7.01. The van der Waals surface area contributed by atoms with Gasteiger partial charge < -0.3 is 15.2 Å². The molecule has 0 amide bonds. The van der Waals surface area contributed by atoms with Gasteiger partial charge in [0.2, 0.25) is 0 Å². The van der Waals surface area contributed by atoms with Crippen LogP contribution in [0.4, 0.5) is 14.5 Å². The minimum absolute atomic E-state index is 0.0693. The van der Waals surface area contributed by atoms with Crippen LogP contribution in [0.2, 0.25) is 0 Å². The van der Waals surface area contributed by atoms with Crippen LogP contribution in [-0.2, 0) is 6.54 Å². The lowest BCUT2D eigenvalue weighted by atomic mass is 10.2. The van der Waals surface area contributed by atoms with E-state index in [0.717, 1.165) is 5.56 Å². The minimum Gasteiger partial charge on any atom is -0.476 e. The Kier molecular flexibility index (Phi) is 4.28. The number of carboxylic acids is 1. The van der Waals surface area contributed by atoms with Crippen molar-refractivity contribution in [3.8, 4) is 5.75 Å². The van der Waals surface area contributed by atoms with Gasteiger partial charge in [-0.1, -0.05) is 12.1 Å². The Morgan fingerprint density at radius 1 is 1.25 bits per heavy atom. The second-order valence-electron chi connectivity index (χ2n) is 4.93. The van der Waals surface area contributed by atoms with Crippen molar-refractivity contribution < 1.29 is 23.4 Å². The molecule has 0 saturated heterocycles. The van der Waals surface area contributed by atoms with Gasteiger partial charge in [-0.3, -0.25) is 4.40 Å². The topological polar surface area (TPSA) is 75.9 Å². The Hall–Kier alpha value is -3.16. The number of pyridine rings is 1. The Labute approximate surface area is 135 Å². The maximum atomic E-state index is 12.1. The van der Waals surface area contributed by atoms with Crippen molar-refractivity contribution in [1.82, 2.24) is 9.38 Å². The van der Waals surface area contributed by atoms with Gasteiger partial charge >= 0.3 is 12.6 Å². The lowest BCUT2D eigenvalue weighted by Crippen LogP contribution is -2.11. The number of imidazole rings is 1. The van der Waals surface area contributed by atoms with Gasteiger partial charge in [0, 0.05) is 18.9 Å². The largest absolute Gasteiger partial charge is 0.476 e. The molecule has 8 heteroatoms. The zero-order chi connectivity index (χ0) is 17.1. The number of halogens is 2. The number of anilines is 1. The van der Waals surface area contributed by atoms with Crippen molar-refractivity contribution in [3.05, 3.63) is 60.0 Å². The van der Waals surface area contributed by atoms with E-state index in [9.17, 15) is 18.7 Å². The SMILES string of the molecule is O=C(O)c1c(NCc2ccc(OC(F)F)cc2)ccc2nccn12. The van der Waals surface area contributed by atoms with E-state index >= 15 is 0 Å². The third-order valence-electron chi connectivity index (χ3n) is 3.40. The molecule has 0 saturated carbocycles. The lowest BCUT2D eigenvalue weighted by Gasteiger charge is -2.12. The zero-order valence-electron chi connectivity index (χ0n) is 12.3. The fraction of sp³-hybridized carbons (Fsp3) is 0.125. The van der Waals surface area contributed by atoms with Gasteiger partial charge in [-0.05, 0) is 29.8 Å². The number of aromatic carboxylic acids is 1. The van der Waals surface area contributed by atoms with E-state index in [2.05, 4.69) is 15.0 Å². The summed E-state index contributed by atoms with van der Waals surface area (Å²) >= 11 is 0. The van der Waals surface area contributed by atoms with Gasteiger partial charge in [0.05, 0.1) is 5.69 Å². The molecule has 0 radical (unpaired) electrons. The number of alkyl halides is 2. The van der Waals surface area contributed by atoms with Gasteiger partial charge in [0.15, 0.2) is 5.69 Å². The number of aromatic nitrogens is 2. The van der Waals surface area contributed by atoms with Crippen LogP contribution in [0.1, 0.15) is 16.1 Å². The molecule has 0 bridgehead atoms. The van der Waals surface area contributed by atoms with E-state index in [-0.39, 0.29) is 11.4 Å². The molecule has 0 fully saturated rings. The highest BCUT2D eigenvalue weighted by atomic mass is 19.3. The van der Waals surface area contributed by atoms with Crippen LogP contribution in [0.15, 0.2) is 48.8 Å². The number of fused-ring (bicyclic) bond motifs is 1. The Morgan fingerprint density at radius 3 is 2.67 bits per heavy atom. The number of carbonyl (C=O) groups is 1. The molecular weight excluding hydrogens is 320 g/mol. The molecule has 0 aliphatic heterocycles. The molecule has 1 aromatic carbocycles. The summed E-state index contributed by atoms with van der Waals surface area (Å²) in [6.45, 7) is -2.54. The number of carboxylic acid groups (broad SMARTS) is 1. The Morgan fingerprint density at radius 2 is 2.00 bits per heavy atom. The summed E-state index contributed by atoms with van der Waals surface area (Å²) in [6, 6.07) is 9.46. The third-order valence-corrected chi connectivity index (χ3v) is 3.40. The number of rotatable bonds is 6. The maximum absolute atomic E-state index is 12.1. The van der Waals surface area contributed by atoms with Gasteiger partial charge in [-0.2, -0.15) is 8.78 Å². The van der Waals surface area contributed by atoms with Gasteiger partial charge in [-0.15, -0.1) is 0 Å². The summed E-state index contributed by atoms with van der Waals surface area (Å²) in [4.78, 5) is 15.6. The fourth-order valence-corrected chi connectivity index (χ4v) is 2.34. The maximum Gasteiger partial charge on any atom is 0.387 e. The number of hydrogen-bond acceptors (Lipinski definition) is 4. The number of benzene rings is 1. The van der Waals surface area contributed by atoms with Crippen LogP contribution in [0.5, 0.6) is 5.75 Å². The molecule has 2 heterocycles. The molecule has 0 aliphatic carbocycles. The fourth-order valence-electron chi connectivity index (χ4n) is 2.34. The van der Waals surface area contributed by atoms with Crippen LogP contribution < -0.4 is 10.1 Å². The van der Waals surface area contributed by atoms with E-state index in [1.54, 1.807) is 30.5 Å². The highest BCUT2D eigenvalue weighted by molar-refractivity contribution is 5.93. The molecule has 0 unspecified atom stereocenters.